The van der Waals surface area contributed by atoms with Crippen molar-refractivity contribution in [1.82, 2.24) is 20.9 Å². The topological polar surface area (TPSA) is 92.4 Å². The third-order valence-electron chi connectivity index (χ3n) is 5.34. The fourth-order valence-corrected chi connectivity index (χ4v) is 4.35. The maximum absolute atomic E-state index is 14.5. The van der Waals surface area contributed by atoms with Crippen LogP contribution in [-0.4, -0.2) is 36.6 Å². The largest absolute Gasteiger partial charge is 0.497 e. The second kappa shape index (κ2) is 7.25. The second-order valence-electron chi connectivity index (χ2n) is 7.27. The molecule has 0 unspecified atom stereocenters. The third-order valence-corrected chi connectivity index (χ3v) is 6.11. The fourth-order valence-electron chi connectivity index (χ4n) is 3.64. The standard InChI is InChI=1S/C19H20F2N4O3S/c1-9-23-14(8-29-9)19(3-4-19)25-18(27)24-16-11(7-22-17(16)26)15-12(20)5-10(28-2)6-13(15)21/h5-6,8,11,16H,3-4,7H2,1-2H3,(H,22,26)(H2,24,25,27)/t11-,16-/m0/s1. The summed E-state index contributed by atoms with van der Waals surface area (Å²) in [7, 11) is 1.31. The highest BCUT2D eigenvalue weighted by molar-refractivity contribution is 7.09. The molecule has 2 fully saturated rings. The number of urea groups is 1. The van der Waals surface area contributed by atoms with Crippen LogP contribution >= 0.6 is 11.3 Å². The number of nitrogens with one attached hydrogen (secondary N) is 3. The first kappa shape index (κ1) is 19.6. The minimum Gasteiger partial charge on any atom is -0.497 e. The van der Waals surface area contributed by atoms with E-state index in [1.165, 1.54) is 18.4 Å². The van der Waals surface area contributed by atoms with Crippen LogP contribution < -0.4 is 20.7 Å². The van der Waals surface area contributed by atoms with Crippen LogP contribution in [0.3, 0.4) is 0 Å². The summed E-state index contributed by atoms with van der Waals surface area (Å²) >= 11 is 1.49. The first-order chi connectivity index (χ1) is 13.8. The minimum atomic E-state index is -1.10. The molecule has 2 aromatic rings. The lowest BCUT2D eigenvalue weighted by atomic mass is 9.93. The Morgan fingerprint density at radius 1 is 1.34 bits per heavy atom. The van der Waals surface area contributed by atoms with Gasteiger partial charge in [-0.3, -0.25) is 4.79 Å². The molecule has 0 radical (unpaired) electrons. The van der Waals surface area contributed by atoms with Gasteiger partial charge in [0.15, 0.2) is 0 Å². The molecule has 0 bridgehead atoms. The van der Waals surface area contributed by atoms with Gasteiger partial charge in [-0.15, -0.1) is 11.3 Å². The van der Waals surface area contributed by atoms with Gasteiger partial charge in [0.2, 0.25) is 5.91 Å². The van der Waals surface area contributed by atoms with Crippen LogP contribution in [0.25, 0.3) is 0 Å². The maximum atomic E-state index is 14.5. The number of nitrogens with zero attached hydrogens (tertiary/aromatic N) is 1. The summed E-state index contributed by atoms with van der Waals surface area (Å²) in [5.41, 5.74) is -0.0173. The molecule has 7 nitrogen and oxygen atoms in total. The van der Waals surface area contributed by atoms with Crippen molar-refractivity contribution in [3.63, 3.8) is 0 Å². The molecule has 3 N–H and O–H groups in total. The zero-order chi connectivity index (χ0) is 20.8. The Hall–Kier alpha value is -2.75. The monoisotopic (exact) mass is 422 g/mol. The first-order valence-electron chi connectivity index (χ1n) is 9.15. The highest BCUT2D eigenvalue weighted by atomic mass is 32.1. The molecular weight excluding hydrogens is 402 g/mol. The van der Waals surface area contributed by atoms with Crippen LogP contribution in [0.2, 0.25) is 0 Å². The number of carbonyl (C=O) groups excluding carboxylic acids is 2. The summed E-state index contributed by atoms with van der Waals surface area (Å²) < 4.78 is 33.9. The number of hydrogen-bond donors (Lipinski definition) is 3. The Labute approximate surface area is 169 Å². The van der Waals surface area contributed by atoms with Gasteiger partial charge in [-0.2, -0.15) is 0 Å². The van der Waals surface area contributed by atoms with E-state index < -0.39 is 41.1 Å². The number of aryl methyl sites for hydroxylation is 1. The van der Waals surface area contributed by atoms with Crippen LogP contribution in [0.5, 0.6) is 5.75 Å². The average molecular weight is 422 g/mol. The molecule has 1 aromatic carbocycles. The van der Waals surface area contributed by atoms with E-state index in [2.05, 4.69) is 20.9 Å². The summed E-state index contributed by atoms with van der Waals surface area (Å²) in [6.45, 7) is 1.90. The molecule has 2 atom stereocenters. The lowest BCUT2D eigenvalue weighted by molar-refractivity contribution is -0.120. The molecule has 2 heterocycles. The predicted octanol–water partition coefficient (Wildman–Crippen LogP) is 2.31. The quantitative estimate of drug-likeness (QED) is 0.690. The van der Waals surface area contributed by atoms with Gasteiger partial charge in [0.25, 0.3) is 0 Å². The molecule has 1 aliphatic carbocycles. The number of benzene rings is 1. The number of thiazole rings is 1. The normalized spacial score (nSPS) is 22.1. The SMILES string of the molecule is COc1cc(F)c([C@@H]2CNC(=O)[C@H]2NC(=O)NC2(c3csc(C)n3)CC2)c(F)c1. The molecule has 1 saturated carbocycles. The Balaban J connectivity index is 1.52. The van der Waals surface area contributed by atoms with E-state index >= 15 is 0 Å². The number of aromatic nitrogens is 1. The maximum Gasteiger partial charge on any atom is 0.316 e. The first-order valence-corrected chi connectivity index (χ1v) is 10.0. The van der Waals surface area contributed by atoms with Gasteiger partial charge in [-0.1, -0.05) is 0 Å². The Kier molecular flexibility index (Phi) is 4.89. The van der Waals surface area contributed by atoms with Gasteiger partial charge in [-0.05, 0) is 19.8 Å². The van der Waals surface area contributed by atoms with Crippen molar-refractivity contribution >= 4 is 23.3 Å². The van der Waals surface area contributed by atoms with Crippen molar-refractivity contribution in [2.75, 3.05) is 13.7 Å². The zero-order valence-corrected chi connectivity index (χ0v) is 16.7. The van der Waals surface area contributed by atoms with Gasteiger partial charge in [0.1, 0.15) is 23.4 Å². The molecule has 1 aliphatic heterocycles. The van der Waals surface area contributed by atoms with Gasteiger partial charge in [0, 0.05) is 35.5 Å². The molecular formula is C19H20F2N4O3S. The summed E-state index contributed by atoms with van der Waals surface area (Å²) in [6, 6.07) is 0.444. The molecule has 1 saturated heterocycles. The number of carbonyl (C=O) groups is 2. The van der Waals surface area contributed by atoms with Crippen LogP contribution in [0, 0.1) is 18.6 Å². The fraction of sp³-hybridized carbons (Fsp3) is 0.421. The zero-order valence-electron chi connectivity index (χ0n) is 15.8. The lowest BCUT2D eigenvalue weighted by Gasteiger charge is -2.22. The van der Waals surface area contributed by atoms with E-state index in [9.17, 15) is 18.4 Å². The summed E-state index contributed by atoms with van der Waals surface area (Å²) in [4.78, 5) is 29.3. The van der Waals surface area contributed by atoms with E-state index in [0.29, 0.717) is 0 Å². The molecule has 29 heavy (non-hydrogen) atoms. The summed E-state index contributed by atoms with van der Waals surface area (Å²) in [5.74, 6) is -2.98. The van der Waals surface area contributed by atoms with Gasteiger partial charge >= 0.3 is 6.03 Å². The number of rotatable bonds is 5. The van der Waals surface area contributed by atoms with E-state index in [0.717, 1.165) is 35.7 Å². The highest BCUT2D eigenvalue weighted by Crippen LogP contribution is 2.45. The summed E-state index contributed by atoms with van der Waals surface area (Å²) in [6.07, 6.45) is 1.48. The average Bonchev–Trinajstić information content (AvgIpc) is 3.17. The molecule has 3 amide bonds. The Morgan fingerprint density at radius 3 is 2.59 bits per heavy atom. The van der Waals surface area contributed by atoms with Crippen LogP contribution in [0.4, 0.5) is 13.6 Å². The highest BCUT2D eigenvalue weighted by Gasteiger charge is 2.48. The Bertz CT molecular complexity index is 953. The number of hydrogen-bond acceptors (Lipinski definition) is 5. The van der Waals surface area contributed by atoms with Crippen molar-refractivity contribution in [2.24, 2.45) is 0 Å². The molecule has 4 rings (SSSR count). The Morgan fingerprint density at radius 2 is 2.03 bits per heavy atom. The van der Waals surface area contributed by atoms with E-state index in [4.69, 9.17) is 4.74 Å². The van der Waals surface area contributed by atoms with Crippen molar-refractivity contribution in [2.45, 2.75) is 37.3 Å². The van der Waals surface area contributed by atoms with Crippen molar-refractivity contribution < 1.29 is 23.1 Å². The predicted molar refractivity (Wildman–Crippen MR) is 102 cm³/mol. The van der Waals surface area contributed by atoms with Crippen molar-refractivity contribution in [3.8, 4) is 5.75 Å². The number of methoxy groups -OCH3 is 1. The third kappa shape index (κ3) is 3.64. The van der Waals surface area contributed by atoms with Gasteiger partial charge < -0.3 is 20.7 Å². The smallest absolute Gasteiger partial charge is 0.316 e. The number of halogens is 2. The molecule has 10 heteroatoms. The van der Waals surface area contributed by atoms with Gasteiger partial charge in [-0.25, -0.2) is 18.6 Å². The van der Waals surface area contributed by atoms with Crippen LogP contribution in [-0.2, 0) is 10.3 Å². The van der Waals surface area contributed by atoms with Crippen LogP contribution in [0.1, 0.15) is 35.0 Å². The van der Waals surface area contributed by atoms with Crippen molar-refractivity contribution in [1.29, 1.82) is 0 Å². The number of ether oxygens (including phenoxy) is 1. The number of amides is 3. The molecule has 0 spiro atoms. The molecule has 154 valence electrons. The lowest BCUT2D eigenvalue weighted by Crippen LogP contribution is -2.50. The van der Waals surface area contributed by atoms with Crippen LogP contribution in [0.15, 0.2) is 17.5 Å². The molecule has 1 aromatic heterocycles. The molecule has 2 aliphatic rings. The van der Waals surface area contributed by atoms with E-state index in [1.807, 2.05) is 12.3 Å². The van der Waals surface area contributed by atoms with Gasteiger partial charge in [0.05, 0.1) is 23.4 Å². The summed E-state index contributed by atoms with van der Waals surface area (Å²) in [5, 5.41) is 10.8. The second-order valence-corrected chi connectivity index (χ2v) is 8.33. The van der Waals surface area contributed by atoms with E-state index in [1.54, 1.807) is 0 Å². The minimum absolute atomic E-state index is 0.0143. The van der Waals surface area contributed by atoms with Crippen molar-refractivity contribution in [3.05, 3.63) is 45.4 Å². The van der Waals surface area contributed by atoms with E-state index in [-0.39, 0.29) is 17.9 Å².